The Morgan fingerprint density at radius 2 is 1.97 bits per heavy atom. The molecular weight excluding hydrogens is 412 g/mol. The molecule has 3 heterocycles. The lowest BCUT2D eigenvalue weighted by molar-refractivity contribution is 0.0873. The van der Waals surface area contributed by atoms with E-state index in [9.17, 15) is 15.2 Å². The number of ketones is 1. The summed E-state index contributed by atoms with van der Waals surface area (Å²) in [7, 11) is 0. The lowest BCUT2D eigenvalue weighted by Gasteiger charge is -2.21. The largest absolute Gasteiger partial charge is 0.391 e. The molecule has 170 valence electrons. The Balaban J connectivity index is 1.67. The number of fused-ring (bicyclic) bond motifs is 2. The van der Waals surface area contributed by atoms with Gasteiger partial charge in [0.2, 0.25) is 0 Å². The number of hydrogen-bond donors (Lipinski definition) is 1. The Bertz CT molecular complexity index is 1160. The number of allylic oxidation sites excluding steroid dienone is 1. The van der Waals surface area contributed by atoms with E-state index in [-0.39, 0.29) is 17.9 Å². The maximum atomic E-state index is 13.4. The zero-order valence-electron chi connectivity index (χ0n) is 19.5. The highest BCUT2D eigenvalue weighted by Crippen LogP contribution is 2.38. The second-order valence-corrected chi connectivity index (χ2v) is 9.86. The third-order valence-corrected chi connectivity index (χ3v) is 7.02. The molecule has 2 bridgehead atoms. The summed E-state index contributed by atoms with van der Waals surface area (Å²) in [5.41, 5.74) is 3.36. The van der Waals surface area contributed by atoms with Gasteiger partial charge in [-0.3, -0.25) is 9.69 Å². The van der Waals surface area contributed by atoms with Crippen LogP contribution in [-0.4, -0.2) is 45.1 Å². The van der Waals surface area contributed by atoms with Gasteiger partial charge in [-0.2, -0.15) is 10.5 Å². The maximum absolute atomic E-state index is 13.4. The number of Topliss-reactive ketones (excluding diaryl/α,β-unsaturated/α-hetero) is 1. The Morgan fingerprint density at radius 3 is 2.55 bits per heavy atom. The fourth-order valence-electron chi connectivity index (χ4n) is 5.15. The predicted molar refractivity (Wildman–Crippen MR) is 127 cm³/mol. The third kappa shape index (κ3) is 4.50. The number of aromatic nitrogens is 1. The predicted octanol–water partition coefficient (Wildman–Crippen LogP) is 4.39. The number of nitrogens with zero attached hydrogens (tertiary/aromatic N) is 4. The van der Waals surface area contributed by atoms with Crippen LogP contribution in [0.5, 0.6) is 0 Å². The molecule has 2 aromatic rings. The average Bonchev–Trinajstić information content (AvgIpc) is 3.43. The van der Waals surface area contributed by atoms with Gasteiger partial charge in [0.05, 0.1) is 35.8 Å². The van der Waals surface area contributed by atoms with Crippen molar-refractivity contribution >= 4 is 11.9 Å². The molecule has 2 aliphatic rings. The highest BCUT2D eigenvalue weighted by Gasteiger charge is 2.46. The van der Waals surface area contributed by atoms with E-state index in [2.05, 4.69) is 17.0 Å². The van der Waals surface area contributed by atoms with Crippen LogP contribution in [0.2, 0.25) is 0 Å². The normalized spacial score (nSPS) is 22.5. The summed E-state index contributed by atoms with van der Waals surface area (Å²) < 4.78 is 2.03. The Hall–Kier alpha value is -3.19. The van der Waals surface area contributed by atoms with E-state index in [1.807, 2.05) is 55.7 Å². The molecule has 6 nitrogen and oxygen atoms in total. The van der Waals surface area contributed by atoms with Gasteiger partial charge in [0.15, 0.2) is 5.78 Å². The summed E-state index contributed by atoms with van der Waals surface area (Å²) in [6.45, 7) is 6.05. The standard InChI is InChI=1S/C27H30N4O2/c1-18-23(26(33)16-30-21-10-11-24(30)25(32)14-21)13-22(5-4-12-27(2,3)17-29)31(18)20-8-6-19(15-28)7-9-20/h4-9,13,21,24-25,32H,10-12,14,16H2,1-3H3/b5-4+/t21?,24?,25-/m0/s1. The molecule has 2 unspecified atom stereocenters. The van der Waals surface area contributed by atoms with Crippen LogP contribution < -0.4 is 0 Å². The van der Waals surface area contributed by atoms with E-state index in [0.717, 1.165) is 36.3 Å². The zero-order valence-corrected chi connectivity index (χ0v) is 19.5. The van der Waals surface area contributed by atoms with E-state index in [0.29, 0.717) is 30.1 Å². The zero-order chi connectivity index (χ0) is 23.8. The molecule has 4 rings (SSSR count). The van der Waals surface area contributed by atoms with Crippen molar-refractivity contribution in [2.75, 3.05) is 6.54 Å². The third-order valence-electron chi connectivity index (χ3n) is 7.02. The molecular formula is C27H30N4O2. The molecule has 33 heavy (non-hydrogen) atoms. The van der Waals surface area contributed by atoms with Crippen LogP contribution >= 0.6 is 0 Å². The van der Waals surface area contributed by atoms with Gasteiger partial charge in [0.1, 0.15) is 0 Å². The van der Waals surface area contributed by atoms with Crippen molar-refractivity contribution in [3.8, 4) is 17.8 Å². The summed E-state index contributed by atoms with van der Waals surface area (Å²) in [4.78, 5) is 15.6. The molecule has 6 heteroatoms. The fraction of sp³-hybridized carbons (Fsp3) is 0.444. The van der Waals surface area contributed by atoms with Gasteiger partial charge in [-0.1, -0.05) is 6.08 Å². The Kier molecular flexibility index (Phi) is 6.26. The maximum Gasteiger partial charge on any atom is 0.178 e. The van der Waals surface area contributed by atoms with Crippen molar-refractivity contribution in [1.29, 1.82) is 10.5 Å². The number of carbonyl (C=O) groups is 1. The van der Waals surface area contributed by atoms with Crippen LogP contribution in [0.25, 0.3) is 11.8 Å². The molecule has 1 aromatic carbocycles. The van der Waals surface area contributed by atoms with Gasteiger partial charge in [0, 0.05) is 34.7 Å². The van der Waals surface area contributed by atoms with Crippen molar-refractivity contribution in [2.45, 2.75) is 64.6 Å². The Morgan fingerprint density at radius 1 is 1.24 bits per heavy atom. The molecule has 2 aliphatic heterocycles. The van der Waals surface area contributed by atoms with Crippen LogP contribution in [0.1, 0.15) is 66.8 Å². The van der Waals surface area contributed by atoms with Crippen molar-refractivity contribution < 1.29 is 9.90 Å². The summed E-state index contributed by atoms with van der Waals surface area (Å²) in [5, 5.41) is 28.7. The second-order valence-electron chi connectivity index (χ2n) is 9.86. The Labute approximate surface area is 195 Å². The molecule has 0 spiro atoms. The van der Waals surface area contributed by atoms with E-state index < -0.39 is 5.41 Å². The molecule has 3 atom stereocenters. The molecule has 0 amide bonds. The van der Waals surface area contributed by atoms with Crippen molar-refractivity contribution in [1.82, 2.24) is 9.47 Å². The van der Waals surface area contributed by atoms with Gasteiger partial charge in [-0.25, -0.2) is 0 Å². The van der Waals surface area contributed by atoms with Gasteiger partial charge in [-0.05, 0) is 82.9 Å². The quantitative estimate of drug-likeness (QED) is 0.642. The number of benzene rings is 1. The number of aliphatic hydroxyl groups excluding tert-OH is 1. The fourth-order valence-corrected chi connectivity index (χ4v) is 5.15. The van der Waals surface area contributed by atoms with Crippen LogP contribution in [0.4, 0.5) is 0 Å². The van der Waals surface area contributed by atoms with Crippen LogP contribution in [0, 0.1) is 35.0 Å². The summed E-state index contributed by atoms with van der Waals surface area (Å²) in [6.07, 6.45) is 6.96. The summed E-state index contributed by atoms with van der Waals surface area (Å²) in [5.74, 6) is 0.0536. The lowest BCUT2D eigenvalue weighted by atomic mass is 9.91. The second kappa shape index (κ2) is 8.98. The van der Waals surface area contributed by atoms with Crippen molar-refractivity contribution in [3.05, 3.63) is 58.9 Å². The van der Waals surface area contributed by atoms with Crippen LogP contribution in [0.3, 0.4) is 0 Å². The first kappa shape index (κ1) is 23.0. The molecule has 2 saturated heterocycles. The highest BCUT2D eigenvalue weighted by atomic mass is 16.3. The average molecular weight is 443 g/mol. The van der Waals surface area contributed by atoms with Crippen molar-refractivity contribution in [2.24, 2.45) is 5.41 Å². The molecule has 0 saturated carbocycles. The molecule has 1 aromatic heterocycles. The smallest absolute Gasteiger partial charge is 0.178 e. The summed E-state index contributed by atoms with van der Waals surface area (Å²) in [6, 6.07) is 14.1. The van der Waals surface area contributed by atoms with E-state index in [4.69, 9.17) is 5.26 Å². The van der Waals surface area contributed by atoms with Gasteiger partial charge in [0.25, 0.3) is 0 Å². The van der Waals surface area contributed by atoms with E-state index in [1.54, 1.807) is 12.1 Å². The topological polar surface area (TPSA) is 93.1 Å². The SMILES string of the molecule is Cc1c(C(=O)CN2C3CCC2[C@@H](O)C3)cc(/C=C/CC(C)(C)C#N)n1-c1ccc(C#N)cc1. The van der Waals surface area contributed by atoms with Gasteiger partial charge < -0.3 is 9.67 Å². The first-order valence-corrected chi connectivity index (χ1v) is 11.5. The lowest BCUT2D eigenvalue weighted by Crippen LogP contribution is -2.36. The first-order valence-electron chi connectivity index (χ1n) is 11.5. The number of aliphatic hydroxyl groups is 1. The number of hydrogen-bond acceptors (Lipinski definition) is 5. The van der Waals surface area contributed by atoms with Crippen molar-refractivity contribution in [3.63, 3.8) is 0 Å². The molecule has 2 fully saturated rings. The number of rotatable bonds is 7. The van der Waals surface area contributed by atoms with E-state index in [1.165, 1.54) is 0 Å². The molecule has 0 aliphatic carbocycles. The molecule has 1 N–H and O–H groups in total. The van der Waals surface area contributed by atoms with Crippen LogP contribution in [0.15, 0.2) is 36.4 Å². The van der Waals surface area contributed by atoms with Gasteiger partial charge in [-0.15, -0.1) is 0 Å². The monoisotopic (exact) mass is 442 g/mol. The molecule has 0 radical (unpaired) electrons. The number of nitriles is 2. The van der Waals surface area contributed by atoms with Gasteiger partial charge >= 0.3 is 0 Å². The minimum absolute atomic E-state index is 0.0536. The minimum Gasteiger partial charge on any atom is -0.391 e. The number of carbonyl (C=O) groups excluding carboxylic acids is 1. The first-order chi connectivity index (χ1) is 15.7. The van der Waals surface area contributed by atoms with E-state index >= 15 is 0 Å². The highest BCUT2D eigenvalue weighted by molar-refractivity contribution is 5.99. The summed E-state index contributed by atoms with van der Waals surface area (Å²) >= 11 is 0. The van der Waals surface area contributed by atoms with Crippen LogP contribution in [-0.2, 0) is 0 Å². The minimum atomic E-state index is -0.466.